The van der Waals surface area contributed by atoms with E-state index in [2.05, 4.69) is 179 Å². The summed E-state index contributed by atoms with van der Waals surface area (Å²) >= 11 is 22.2. The molecule has 0 saturated carbocycles. The molecule has 19 aromatic rings. The molecule has 0 spiro atoms. The van der Waals surface area contributed by atoms with Gasteiger partial charge in [-0.1, -0.05) is 60.5 Å². The summed E-state index contributed by atoms with van der Waals surface area (Å²) in [6.07, 6.45) is 7.05. The molecule has 0 amide bonds. The number of ether oxygens (including phenoxy) is 8. The van der Waals surface area contributed by atoms with Gasteiger partial charge in [0, 0.05) is 120 Å². The minimum absolute atomic E-state index is 0. The number of methoxy groups -OCH3 is 8. The molecule has 0 bridgehead atoms. The van der Waals surface area contributed by atoms with Gasteiger partial charge in [-0.15, -0.1) is 68.0 Å². The number of hydrogen-bond acceptors (Lipinski definition) is 19. The Balaban J connectivity index is 0.000000147. The number of aromatic nitrogens is 8. The van der Waals surface area contributed by atoms with E-state index in [4.69, 9.17) is 61.1 Å². The summed E-state index contributed by atoms with van der Waals surface area (Å²) in [6, 6.07) is 63.4. The van der Waals surface area contributed by atoms with Crippen LogP contribution >= 0.6 is 91.2 Å². The molecule has 5 aromatic carbocycles. The molecule has 0 aliphatic rings. The fourth-order valence-electron chi connectivity index (χ4n) is 11.5. The first kappa shape index (κ1) is 89.1. The van der Waals surface area contributed by atoms with Gasteiger partial charge in [0.2, 0.25) is 11.8 Å². The zero-order chi connectivity index (χ0) is 82.2. The number of benzene rings is 5. The smallest absolute Gasteiger partial charge is 0.214 e. The second-order valence-electron chi connectivity index (χ2n) is 26.0. The Morgan fingerprint density at radius 1 is 0.319 bits per heavy atom. The summed E-state index contributed by atoms with van der Waals surface area (Å²) < 4.78 is 45.7. The summed E-state index contributed by atoms with van der Waals surface area (Å²) in [7, 11) is 13.4. The van der Waals surface area contributed by atoms with E-state index in [1.165, 1.54) is 91.6 Å². The topological polar surface area (TPSA) is 186 Å². The molecule has 0 unspecified atom stereocenters. The van der Waals surface area contributed by atoms with E-state index in [0.717, 1.165) is 98.6 Å². The number of nitrogens with one attached hydrogen (secondary N) is 3. The maximum absolute atomic E-state index is 5.85. The second-order valence-corrected chi connectivity index (χ2v) is 34.5. The number of nitrogens with zero attached hydrogens (tertiary/aromatic N) is 5. The highest BCUT2D eigenvalue weighted by Crippen LogP contribution is 2.33. The number of pyridine rings is 5. The van der Waals surface area contributed by atoms with Gasteiger partial charge in [0.25, 0.3) is 0 Å². The van der Waals surface area contributed by atoms with Crippen molar-refractivity contribution in [3.05, 3.63) is 275 Å². The molecule has 0 atom stereocenters. The van der Waals surface area contributed by atoms with Crippen LogP contribution < -0.4 is 37.9 Å². The predicted octanol–water partition coefficient (Wildman–Crippen LogP) is 27.7. The molecule has 3 N–H and O–H groups in total. The van der Waals surface area contributed by atoms with Crippen LogP contribution in [0, 0.1) is 69.2 Å². The van der Waals surface area contributed by atoms with Crippen LogP contribution in [-0.2, 0) is 0 Å². The van der Waals surface area contributed by atoms with Crippen LogP contribution in [0.3, 0.4) is 0 Å². The lowest BCUT2D eigenvalue weighted by molar-refractivity contribution is 0.399. The molecule has 0 fully saturated rings. The van der Waals surface area contributed by atoms with E-state index in [9.17, 15) is 0 Å². The van der Waals surface area contributed by atoms with Gasteiger partial charge in [-0.2, -0.15) is 0 Å². The van der Waals surface area contributed by atoms with Crippen LogP contribution in [0.25, 0.3) is 94.4 Å². The standard InChI is InChI=1S/C12H12O.C10H11NO.2C10H10OS.3C9H9NOS.2C8H7ClN2.C6H8OS.CH4/c1-9-3-4-11-8-12(13-2)6-5-10(11)7-9;1-7-5-8-6-9(12-2)3-4-10(8)11-7;1-7-5-8-6-9(11-2)3-4-10(8)12-7;1-7-5-8-3-4-9(11-2)6-10(8)12-7;1-6-3-8-9(12-6)4-7(11-2)5-10-8;1-6-5-7-8(12-6)3-4-9(10-7)11-2;1-6-5-7-3-4-8(11-2)10-9(7)12-6;1-5-2-8-6(3-10-5)7(9)4-11-8;1-5-2-3-6-7(9)4-10-8(6)11-5;1-5-3-4-6(7-2)8-5;/h3-8H,1-2H3;3-6,11H,1-2H3;2*3-6H,1-2H3;3*3-5H,1-2H3;2-4,11H,1H3;2-4H,1H3,(H,10,11);3-4H,1-2H3;1H4. The molecule has 0 aliphatic carbocycles. The van der Waals surface area contributed by atoms with E-state index >= 15 is 0 Å². The van der Waals surface area contributed by atoms with Crippen molar-refractivity contribution >= 4 is 186 Å². The van der Waals surface area contributed by atoms with Crippen molar-refractivity contribution in [2.75, 3.05) is 56.9 Å². The van der Waals surface area contributed by atoms with E-state index in [0.29, 0.717) is 11.8 Å². The molecule has 14 heterocycles. The van der Waals surface area contributed by atoms with Crippen molar-refractivity contribution in [3.63, 3.8) is 0 Å². The first-order chi connectivity index (χ1) is 55.4. The van der Waals surface area contributed by atoms with Crippen LogP contribution in [0.2, 0.25) is 10.0 Å². The Kier molecular flexibility index (Phi) is 33.2. The van der Waals surface area contributed by atoms with Gasteiger partial charge in [0.15, 0.2) is 5.06 Å². The Labute approximate surface area is 711 Å². The molecular formula is C92H96Cl2N8O8S6. The molecule has 0 aliphatic heterocycles. The summed E-state index contributed by atoms with van der Waals surface area (Å²) in [6.45, 7) is 20.6. The van der Waals surface area contributed by atoms with Crippen LogP contribution in [-0.4, -0.2) is 96.8 Å². The highest BCUT2D eigenvalue weighted by molar-refractivity contribution is 7.20. The Morgan fingerprint density at radius 3 is 1.53 bits per heavy atom. The minimum Gasteiger partial charge on any atom is -0.497 e. The van der Waals surface area contributed by atoms with Crippen LogP contribution in [0.4, 0.5) is 0 Å². The first-order valence-corrected chi connectivity index (χ1v) is 41.9. The molecule has 0 radical (unpaired) electrons. The van der Waals surface area contributed by atoms with Gasteiger partial charge in [-0.25, -0.2) is 15.0 Å². The molecular weight excluding hydrogens is 1610 g/mol. The average Bonchev–Trinajstić information content (AvgIpc) is 1.80. The molecule has 14 aromatic heterocycles. The summed E-state index contributed by atoms with van der Waals surface area (Å²) in [4.78, 5) is 39.4. The molecule has 116 heavy (non-hydrogen) atoms. The summed E-state index contributed by atoms with van der Waals surface area (Å²) in [5.41, 5.74) is 9.60. The quantitative estimate of drug-likeness (QED) is 0.131. The highest BCUT2D eigenvalue weighted by atomic mass is 35.5. The zero-order valence-corrected chi connectivity index (χ0v) is 73.8. The minimum atomic E-state index is 0. The average molecular weight is 1710 g/mol. The third kappa shape index (κ3) is 25.4. The first-order valence-electron chi connectivity index (χ1n) is 36.2. The summed E-state index contributed by atoms with van der Waals surface area (Å²) in [5.74, 6) is 5.87. The maximum Gasteiger partial charge on any atom is 0.214 e. The fourth-order valence-corrected chi connectivity index (χ4v) is 17.1. The van der Waals surface area contributed by atoms with Crippen molar-refractivity contribution in [2.45, 2.75) is 76.7 Å². The van der Waals surface area contributed by atoms with Gasteiger partial charge in [-0.05, 0) is 236 Å². The number of rotatable bonds is 8. The summed E-state index contributed by atoms with van der Waals surface area (Å²) in [5, 5.41) is 11.9. The highest BCUT2D eigenvalue weighted by Gasteiger charge is 2.08. The number of fused-ring (bicyclic) bond motifs is 9. The number of aryl methyl sites for hydroxylation is 10. The van der Waals surface area contributed by atoms with Crippen molar-refractivity contribution in [3.8, 4) is 45.6 Å². The normalized spacial score (nSPS) is 10.3. The van der Waals surface area contributed by atoms with E-state index in [-0.39, 0.29) is 7.43 Å². The third-order valence-electron chi connectivity index (χ3n) is 17.1. The van der Waals surface area contributed by atoms with Gasteiger partial charge in [-0.3, -0.25) is 9.97 Å². The molecule has 19 rings (SSSR count). The number of thiophene rings is 6. The maximum atomic E-state index is 5.85. The Bertz CT molecular complexity index is 5650. The van der Waals surface area contributed by atoms with Crippen LogP contribution in [0.15, 0.2) is 213 Å². The van der Waals surface area contributed by atoms with Crippen molar-refractivity contribution < 1.29 is 37.9 Å². The lowest BCUT2D eigenvalue weighted by Crippen LogP contribution is -1.84. The Morgan fingerprint density at radius 2 is 0.853 bits per heavy atom. The SMILES string of the molecule is C.COc1ccc(C)s1.COc1ccc2[nH]c(C)cc2c1.COc1ccc2cc(C)ccc2c1.COc1ccc2cc(C)sc2c1.COc1ccc2cc(C)sc2n1.COc1ccc2sc(C)cc2c1.COc1ccc2sc(C)cc2n1.COc1cnc2cc(C)sc2c1.Cc1cc2[nH]cc(Cl)c2cn1.Cc1ccc2c(Cl)c[nH]c2n1. The van der Waals surface area contributed by atoms with Gasteiger partial charge < -0.3 is 52.8 Å². The predicted molar refractivity (Wildman–Crippen MR) is 498 cm³/mol. The zero-order valence-electron chi connectivity index (χ0n) is 67.4. The lowest BCUT2D eigenvalue weighted by Gasteiger charge is -2.02. The van der Waals surface area contributed by atoms with E-state index < -0.39 is 0 Å². The second kappa shape index (κ2) is 43.2. The van der Waals surface area contributed by atoms with Crippen LogP contribution in [0.5, 0.6) is 45.6 Å². The molecule has 0 saturated heterocycles. The van der Waals surface area contributed by atoms with Gasteiger partial charge in [0.1, 0.15) is 39.2 Å². The van der Waals surface area contributed by atoms with Crippen molar-refractivity contribution in [1.82, 2.24) is 39.9 Å². The molecule has 16 nitrogen and oxygen atoms in total. The third-order valence-corrected chi connectivity index (χ3v) is 23.7. The number of H-pyrrole nitrogens is 3. The van der Waals surface area contributed by atoms with Gasteiger partial charge >= 0.3 is 0 Å². The van der Waals surface area contributed by atoms with E-state index in [1.807, 2.05) is 129 Å². The Hall–Kier alpha value is -10.8. The largest absolute Gasteiger partial charge is 0.497 e. The lowest BCUT2D eigenvalue weighted by atomic mass is 10.1. The van der Waals surface area contributed by atoms with E-state index in [1.54, 1.807) is 138 Å². The van der Waals surface area contributed by atoms with Crippen molar-refractivity contribution in [1.29, 1.82) is 0 Å². The van der Waals surface area contributed by atoms with Gasteiger partial charge in [0.05, 0.1) is 99.1 Å². The molecule has 602 valence electrons. The monoisotopic (exact) mass is 1700 g/mol. The number of halogens is 2. The molecule has 24 heteroatoms. The van der Waals surface area contributed by atoms with Crippen molar-refractivity contribution in [2.24, 2.45) is 0 Å². The fraction of sp³-hybridized carbons (Fsp3) is 0.207. The van der Waals surface area contributed by atoms with Crippen LogP contribution in [0.1, 0.15) is 59.3 Å². The number of hydrogen-bond donors (Lipinski definition) is 3. The number of aromatic amines is 3.